The number of hydrogen-bond acceptors (Lipinski definition) is 3. The third-order valence-corrected chi connectivity index (χ3v) is 14.1. The Morgan fingerprint density at radius 2 is 0.758 bits per heavy atom. The van der Waals surface area contributed by atoms with Gasteiger partial charge in [0, 0.05) is 65.8 Å². The minimum absolute atomic E-state index is 0.958. The topological polar surface area (TPSA) is 28.2 Å². The van der Waals surface area contributed by atoms with Crippen LogP contribution in [0, 0.1) is 0 Å². The second kappa shape index (κ2) is 13.3. The van der Waals surface area contributed by atoms with Gasteiger partial charge in [0.05, 0.1) is 45.2 Å². The van der Waals surface area contributed by atoms with E-state index in [4.69, 9.17) is 4.98 Å². The zero-order valence-corrected chi connectivity index (χ0v) is 35.6. The van der Waals surface area contributed by atoms with Crippen molar-refractivity contribution in [2.24, 2.45) is 0 Å². The number of rotatable bonds is 6. The van der Waals surface area contributed by atoms with Gasteiger partial charge in [0.15, 0.2) is 0 Å². The number of aromatic nitrogens is 3. The fourth-order valence-electron chi connectivity index (χ4n) is 11.6. The van der Waals surface area contributed by atoms with Gasteiger partial charge in [-0.15, -0.1) is 0 Å². The molecule has 0 aliphatic heterocycles. The van der Waals surface area contributed by atoms with E-state index in [2.05, 4.69) is 243 Å². The summed E-state index contributed by atoms with van der Waals surface area (Å²) in [5, 5.41) is 14.7. The van der Waals surface area contributed by atoms with Gasteiger partial charge in [-0.25, -0.2) is 4.98 Å². The number of fused-ring (bicyclic) bond motifs is 17. The van der Waals surface area contributed by atoms with Gasteiger partial charge < -0.3 is 14.2 Å². The molecule has 0 saturated carbocycles. The molecule has 5 heteroatoms. The molecule has 0 amide bonds. The Kier molecular flexibility index (Phi) is 7.16. The molecule has 10 aromatic carbocycles. The van der Waals surface area contributed by atoms with Crippen LogP contribution in [0.2, 0.25) is 0 Å². The zero-order chi connectivity index (χ0) is 43.0. The van der Waals surface area contributed by atoms with E-state index < -0.39 is 0 Å². The van der Waals surface area contributed by atoms with Crippen LogP contribution < -0.4 is 9.80 Å². The number of benzene rings is 10. The number of nitrogens with zero attached hydrogens (tertiary/aromatic N) is 5. The molecule has 5 aromatic heterocycles. The zero-order valence-electron chi connectivity index (χ0n) is 35.6. The summed E-state index contributed by atoms with van der Waals surface area (Å²) in [6.45, 7) is 0. The minimum Gasteiger partial charge on any atom is -0.308 e. The molecular formula is C61H37N5. The number of pyridine rings is 1. The van der Waals surface area contributed by atoms with Crippen molar-refractivity contribution < 1.29 is 0 Å². The van der Waals surface area contributed by atoms with Gasteiger partial charge in [-0.1, -0.05) is 152 Å². The molecule has 0 spiro atoms. The quantitative estimate of drug-likeness (QED) is 0.167. The second-order valence-corrected chi connectivity index (χ2v) is 17.5. The highest BCUT2D eigenvalue weighted by Crippen LogP contribution is 2.52. The first-order valence-corrected chi connectivity index (χ1v) is 22.6. The molecule has 0 atom stereocenters. The summed E-state index contributed by atoms with van der Waals surface area (Å²) in [5.41, 5.74) is 13.4. The molecule has 0 radical (unpaired) electrons. The molecule has 5 nitrogen and oxygen atoms in total. The summed E-state index contributed by atoms with van der Waals surface area (Å²) in [7, 11) is 0. The summed E-state index contributed by atoms with van der Waals surface area (Å²) < 4.78 is 5.01. The molecule has 0 aliphatic carbocycles. The fourth-order valence-corrected chi connectivity index (χ4v) is 11.6. The van der Waals surface area contributed by atoms with E-state index in [-0.39, 0.29) is 0 Å². The van der Waals surface area contributed by atoms with Crippen LogP contribution in [0.15, 0.2) is 225 Å². The van der Waals surface area contributed by atoms with Crippen molar-refractivity contribution in [1.29, 1.82) is 0 Å². The first kappa shape index (κ1) is 35.5. The van der Waals surface area contributed by atoms with E-state index in [1.807, 2.05) is 0 Å². The first-order valence-electron chi connectivity index (χ1n) is 22.6. The van der Waals surface area contributed by atoms with Crippen LogP contribution in [0.3, 0.4) is 0 Å². The van der Waals surface area contributed by atoms with Gasteiger partial charge in [-0.05, 0) is 88.3 Å². The van der Waals surface area contributed by atoms with E-state index in [1.54, 1.807) is 0 Å². The third kappa shape index (κ3) is 4.65. The standard InChI is InChI=1S/C61H37N5/c1-5-21-40(22-6-1)63(41-23-7-2-8-24-41)50-34-18-33-47-53-44-29-15-13-19-38(44)35-49-55-52(65(58(47)50)59(49)53)37-62-61-56(55)48-32-17-31-46-54-45-30-16-14-20-39(45)36-51(60(54)66(61)57(46)48)64(42-25-9-3-10-26-42)43-27-11-4-12-28-43/h1-37H. The van der Waals surface area contributed by atoms with E-state index in [0.717, 1.165) is 56.3 Å². The van der Waals surface area contributed by atoms with Gasteiger partial charge in [0.25, 0.3) is 0 Å². The maximum absolute atomic E-state index is 5.65. The van der Waals surface area contributed by atoms with E-state index >= 15 is 0 Å². The highest BCUT2D eigenvalue weighted by atomic mass is 15.2. The van der Waals surface area contributed by atoms with Crippen LogP contribution >= 0.6 is 0 Å². The SMILES string of the molecule is c1ccc(N(c2ccccc2)c2cccc3c4c5ccccc5cc5c6c7c8cccc9c%10c%11ccccc%11cc(N(c%11ccccc%11)c%11ccccc%11)c%10n(c7ncc6n(c23)c54)c89)cc1. The molecule has 0 saturated heterocycles. The lowest BCUT2D eigenvalue weighted by Crippen LogP contribution is -2.11. The van der Waals surface area contributed by atoms with Gasteiger partial charge in [-0.2, -0.15) is 0 Å². The molecule has 66 heavy (non-hydrogen) atoms. The predicted molar refractivity (Wildman–Crippen MR) is 278 cm³/mol. The molecule has 15 rings (SSSR count). The number of anilines is 6. The highest BCUT2D eigenvalue weighted by Gasteiger charge is 2.30. The van der Waals surface area contributed by atoms with Gasteiger partial charge >= 0.3 is 0 Å². The summed E-state index contributed by atoms with van der Waals surface area (Å²) >= 11 is 0. The largest absolute Gasteiger partial charge is 0.308 e. The summed E-state index contributed by atoms with van der Waals surface area (Å²) in [4.78, 5) is 10.5. The molecule has 0 N–H and O–H groups in total. The van der Waals surface area contributed by atoms with Crippen molar-refractivity contribution in [2.45, 2.75) is 0 Å². The molecule has 0 bridgehead atoms. The first-order chi connectivity index (χ1) is 32.8. The Hall–Kier alpha value is -8.93. The molecule has 0 fully saturated rings. The smallest absolute Gasteiger partial charge is 0.146 e. The highest BCUT2D eigenvalue weighted by molar-refractivity contribution is 6.39. The minimum atomic E-state index is 0.958. The third-order valence-electron chi connectivity index (χ3n) is 14.1. The van der Waals surface area contributed by atoms with Crippen molar-refractivity contribution in [3.05, 3.63) is 225 Å². The Balaban J connectivity index is 1.14. The lowest BCUT2D eigenvalue weighted by molar-refractivity contribution is 1.23. The fraction of sp³-hybridized carbons (Fsp3) is 0. The van der Waals surface area contributed by atoms with Gasteiger partial charge in [-0.3, -0.25) is 4.40 Å². The van der Waals surface area contributed by atoms with Crippen LogP contribution in [0.25, 0.3) is 97.9 Å². The Bertz CT molecular complexity index is 4310. The molecule has 306 valence electrons. The number of hydrogen-bond donors (Lipinski definition) is 0. The van der Waals surface area contributed by atoms with Crippen molar-refractivity contribution >= 4 is 132 Å². The van der Waals surface area contributed by atoms with Crippen LogP contribution in [0.5, 0.6) is 0 Å². The maximum Gasteiger partial charge on any atom is 0.146 e. The van der Waals surface area contributed by atoms with E-state index in [9.17, 15) is 0 Å². The van der Waals surface area contributed by atoms with Crippen LogP contribution in [-0.4, -0.2) is 13.8 Å². The Labute approximate surface area is 378 Å². The summed E-state index contributed by atoms with van der Waals surface area (Å²) in [6.07, 6.45) is 2.15. The Morgan fingerprint density at radius 1 is 0.303 bits per heavy atom. The predicted octanol–water partition coefficient (Wildman–Crippen LogP) is 16.6. The van der Waals surface area contributed by atoms with Crippen LogP contribution in [-0.2, 0) is 0 Å². The molecule has 15 aromatic rings. The lowest BCUT2D eigenvalue weighted by atomic mass is 9.98. The van der Waals surface area contributed by atoms with Crippen molar-refractivity contribution in [2.75, 3.05) is 9.80 Å². The van der Waals surface area contributed by atoms with Gasteiger partial charge in [0.1, 0.15) is 5.65 Å². The van der Waals surface area contributed by atoms with Crippen molar-refractivity contribution in [3.63, 3.8) is 0 Å². The summed E-state index contributed by atoms with van der Waals surface area (Å²) in [5.74, 6) is 0. The molecule has 0 aliphatic rings. The molecular weight excluding hydrogens is 803 g/mol. The average molecular weight is 840 g/mol. The van der Waals surface area contributed by atoms with Gasteiger partial charge in [0.2, 0.25) is 0 Å². The lowest BCUT2D eigenvalue weighted by Gasteiger charge is -2.27. The van der Waals surface area contributed by atoms with Crippen molar-refractivity contribution in [3.8, 4) is 0 Å². The molecule has 5 heterocycles. The average Bonchev–Trinajstić information content (AvgIpc) is 4.12. The number of para-hydroxylation sites is 6. The summed E-state index contributed by atoms with van der Waals surface area (Å²) in [6, 6.07) is 79.3. The second-order valence-electron chi connectivity index (χ2n) is 17.5. The van der Waals surface area contributed by atoms with Crippen molar-refractivity contribution in [1.82, 2.24) is 13.8 Å². The van der Waals surface area contributed by atoms with E-state index in [0.29, 0.717) is 0 Å². The van der Waals surface area contributed by atoms with E-state index in [1.165, 1.54) is 75.7 Å². The molecule has 0 unspecified atom stereocenters. The monoisotopic (exact) mass is 839 g/mol. The normalized spacial score (nSPS) is 12.2. The van der Waals surface area contributed by atoms with Crippen LogP contribution in [0.1, 0.15) is 0 Å². The maximum atomic E-state index is 5.65. The Morgan fingerprint density at radius 3 is 1.35 bits per heavy atom. The van der Waals surface area contributed by atoms with Crippen LogP contribution in [0.4, 0.5) is 34.1 Å².